The first-order chi connectivity index (χ1) is 10.3. The predicted octanol–water partition coefficient (Wildman–Crippen LogP) is 5.20. The molecule has 1 heterocycles. The van der Waals surface area contributed by atoms with Crippen molar-refractivity contribution < 1.29 is 0 Å². The Morgan fingerprint density at radius 2 is 1.52 bits per heavy atom. The normalized spacial score (nSPS) is 15.5. The van der Waals surface area contributed by atoms with Gasteiger partial charge < -0.3 is 4.90 Å². The second-order valence-electron chi connectivity index (χ2n) is 5.92. The molecule has 0 aromatic heterocycles. The van der Waals surface area contributed by atoms with Crippen LogP contribution in [0.2, 0.25) is 0 Å². The Kier molecular flexibility index (Phi) is 7.45. The second-order valence-corrected chi connectivity index (χ2v) is 7.09. The molecule has 1 aliphatic heterocycles. The van der Waals surface area contributed by atoms with Crippen LogP contribution in [0.25, 0.3) is 0 Å². The molecule has 1 fully saturated rings. The van der Waals surface area contributed by atoms with E-state index in [0.29, 0.717) is 0 Å². The zero-order chi connectivity index (χ0) is 14.9. The van der Waals surface area contributed by atoms with E-state index in [1.54, 1.807) is 0 Å². The molecule has 0 bridgehead atoms. The highest BCUT2D eigenvalue weighted by atomic mass is 32.2. The Morgan fingerprint density at radius 1 is 0.952 bits per heavy atom. The summed E-state index contributed by atoms with van der Waals surface area (Å²) in [5, 5.41) is 0. The molecule has 0 spiro atoms. The van der Waals surface area contributed by atoms with Crippen molar-refractivity contribution in [2.75, 3.05) is 31.1 Å². The summed E-state index contributed by atoms with van der Waals surface area (Å²) in [6, 6.07) is 9.21. The van der Waals surface area contributed by atoms with Gasteiger partial charge in [-0.15, -0.1) is 0 Å². The van der Waals surface area contributed by atoms with E-state index in [4.69, 9.17) is 0 Å². The molecule has 0 radical (unpaired) electrons. The highest BCUT2D eigenvalue weighted by Crippen LogP contribution is 2.28. The number of rotatable bonds is 9. The quantitative estimate of drug-likeness (QED) is 0.579. The van der Waals surface area contributed by atoms with E-state index in [1.807, 2.05) is 11.9 Å². The second kappa shape index (κ2) is 9.37. The van der Waals surface area contributed by atoms with Crippen LogP contribution in [0.4, 0.5) is 5.69 Å². The topological polar surface area (TPSA) is 6.48 Å². The van der Waals surface area contributed by atoms with Crippen molar-refractivity contribution in [3.05, 3.63) is 24.3 Å². The summed E-state index contributed by atoms with van der Waals surface area (Å²) in [5.41, 5.74) is 1.39. The van der Waals surface area contributed by atoms with Crippen LogP contribution in [0.3, 0.4) is 0 Å². The molecule has 0 N–H and O–H groups in total. The zero-order valence-corrected chi connectivity index (χ0v) is 14.5. The zero-order valence-electron chi connectivity index (χ0n) is 13.7. The molecule has 1 aromatic carbocycles. The first kappa shape index (κ1) is 16.7. The predicted molar refractivity (Wildman–Crippen MR) is 95.1 cm³/mol. The fourth-order valence-electron chi connectivity index (χ4n) is 2.71. The fourth-order valence-corrected chi connectivity index (χ4v) is 3.71. The Morgan fingerprint density at radius 3 is 2.05 bits per heavy atom. The van der Waals surface area contributed by atoms with Crippen LogP contribution in [0.1, 0.15) is 52.4 Å². The minimum absolute atomic E-state index is 1.19. The van der Waals surface area contributed by atoms with Crippen LogP contribution < -0.4 is 4.90 Å². The Bertz CT molecular complexity index is 377. The van der Waals surface area contributed by atoms with Gasteiger partial charge in [-0.25, -0.2) is 4.31 Å². The first-order valence-corrected chi connectivity index (χ1v) is 9.38. The standard InChI is InChI=1S/C18H30N2S/c1-3-5-13-19(14-6-4-2)17-9-11-18(12-10-17)21-20-15-7-8-16-20/h9-12H,3-8,13-16H2,1-2H3. The third kappa shape index (κ3) is 5.55. The minimum atomic E-state index is 1.19. The average molecular weight is 307 g/mol. The molecule has 1 aliphatic rings. The van der Waals surface area contributed by atoms with Gasteiger partial charge in [0.25, 0.3) is 0 Å². The number of hydrogen-bond acceptors (Lipinski definition) is 3. The molecule has 3 heteroatoms. The summed E-state index contributed by atoms with van der Waals surface area (Å²) in [6.07, 6.45) is 7.82. The molecular weight excluding hydrogens is 276 g/mol. The number of benzene rings is 1. The van der Waals surface area contributed by atoms with Crippen molar-refractivity contribution in [2.24, 2.45) is 0 Å². The number of nitrogens with zero attached hydrogens (tertiary/aromatic N) is 2. The van der Waals surface area contributed by atoms with Crippen LogP contribution in [0.5, 0.6) is 0 Å². The Balaban J connectivity index is 1.93. The van der Waals surface area contributed by atoms with Crippen molar-refractivity contribution in [1.82, 2.24) is 4.31 Å². The third-order valence-corrected chi connectivity index (χ3v) is 5.17. The molecule has 0 amide bonds. The molecule has 2 nitrogen and oxygen atoms in total. The number of hydrogen-bond donors (Lipinski definition) is 0. The van der Waals surface area contributed by atoms with Crippen molar-refractivity contribution in [3.8, 4) is 0 Å². The maximum Gasteiger partial charge on any atom is 0.0366 e. The fraction of sp³-hybridized carbons (Fsp3) is 0.667. The van der Waals surface area contributed by atoms with Gasteiger partial charge >= 0.3 is 0 Å². The van der Waals surface area contributed by atoms with E-state index in [9.17, 15) is 0 Å². The van der Waals surface area contributed by atoms with Gasteiger partial charge in [-0.3, -0.25) is 0 Å². The lowest BCUT2D eigenvalue weighted by Crippen LogP contribution is -2.25. The molecule has 0 atom stereocenters. The van der Waals surface area contributed by atoms with Crippen LogP contribution in [-0.4, -0.2) is 30.5 Å². The van der Waals surface area contributed by atoms with E-state index in [1.165, 1.54) is 75.3 Å². The van der Waals surface area contributed by atoms with Gasteiger partial charge in [0.2, 0.25) is 0 Å². The maximum atomic E-state index is 2.55. The van der Waals surface area contributed by atoms with E-state index < -0.39 is 0 Å². The minimum Gasteiger partial charge on any atom is -0.372 e. The summed E-state index contributed by atoms with van der Waals surface area (Å²) in [5.74, 6) is 0. The first-order valence-electron chi connectivity index (χ1n) is 8.61. The van der Waals surface area contributed by atoms with Gasteiger partial charge in [0.05, 0.1) is 0 Å². The summed E-state index contributed by atoms with van der Waals surface area (Å²) in [7, 11) is 0. The summed E-state index contributed by atoms with van der Waals surface area (Å²) in [6.45, 7) is 9.41. The highest BCUT2D eigenvalue weighted by Gasteiger charge is 2.13. The molecular formula is C18H30N2S. The molecule has 0 aliphatic carbocycles. The van der Waals surface area contributed by atoms with Crippen LogP contribution >= 0.6 is 11.9 Å². The van der Waals surface area contributed by atoms with E-state index >= 15 is 0 Å². The molecule has 0 unspecified atom stereocenters. The van der Waals surface area contributed by atoms with Gasteiger partial charge in [0.15, 0.2) is 0 Å². The van der Waals surface area contributed by atoms with Crippen LogP contribution in [0, 0.1) is 0 Å². The Hall–Kier alpha value is -0.670. The summed E-state index contributed by atoms with van der Waals surface area (Å²) >= 11 is 1.92. The van der Waals surface area contributed by atoms with Gasteiger partial charge in [-0.1, -0.05) is 26.7 Å². The SMILES string of the molecule is CCCCN(CCCC)c1ccc(SN2CCCC2)cc1. The van der Waals surface area contributed by atoms with E-state index in [2.05, 4.69) is 47.3 Å². The van der Waals surface area contributed by atoms with Gasteiger partial charge in [-0.2, -0.15) is 0 Å². The number of unbranched alkanes of at least 4 members (excludes halogenated alkanes) is 2. The lowest BCUT2D eigenvalue weighted by molar-refractivity contribution is 0.586. The average Bonchev–Trinajstić information content (AvgIpc) is 3.01. The largest absolute Gasteiger partial charge is 0.372 e. The monoisotopic (exact) mass is 306 g/mol. The molecule has 21 heavy (non-hydrogen) atoms. The van der Waals surface area contributed by atoms with Gasteiger partial charge in [0.1, 0.15) is 0 Å². The van der Waals surface area contributed by atoms with Crippen LogP contribution in [-0.2, 0) is 0 Å². The Labute approximate surface area is 135 Å². The molecule has 2 rings (SSSR count). The van der Waals surface area contributed by atoms with Crippen molar-refractivity contribution >= 4 is 17.6 Å². The van der Waals surface area contributed by atoms with Gasteiger partial charge in [-0.05, 0) is 61.9 Å². The van der Waals surface area contributed by atoms with Crippen molar-refractivity contribution in [2.45, 2.75) is 57.3 Å². The van der Waals surface area contributed by atoms with Crippen LogP contribution in [0.15, 0.2) is 29.2 Å². The summed E-state index contributed by atoms with van der Waals surface area (Å²) in [4.78, 5) is 3.93. The molecule has 1 aromatic rings. The third-order valence-electron chi connectivity index (χ3n) is 4.06. The lowest BCUT2D eigenvalue weighted by Gasteiger charge is -2.25. The summed E-state index contributed by atoms with van der Waals surface area (Å²) < 4.78 is 2.49. The molecule has 118 valence electrons. The smallest absolute Gasteiger partial charge is 0.0366 e. The van der Waals surface area contributed by atoms with E-state index in [0.717, 1.165) is 0 Å². The molecule has 0 saturated carbocycles. The lowest BCUT2D eigenvalue weighted by atomic mass is 10.2. The number of anilines is 1. The van der Waals surface area contributed by atoms with Crippen molar-refractivity contribution in [3.63, 3.8) is 0 Å². The highest BCUT2D eigenvalue weighted by molar-refractivity contribution is 7.97. The maximum absolute atomic E-state index is 2.55. The van der Waals surface area contributed by atoms with Crippen molar-refractivity contribution in [1.29, 1.82) is 0 Å². The van der Waals surface area contributed by atoms with Gasteiger partial charge in [0, 0.05) is 36.8 Å². The van der Waals surface area contributed by atoms with E-state index in [-0.39, 0.29) is 0 Å². The molecule has 1 saturated heterocycles.